The number of carbonyl (C=O) groups excluding carboxylic acids is 1. The summed E-state index contributed by atoms with van der Waals surface area (Å²) < 4.78 is 32.3. The predicted molar refractivity (Wildman–Crippen MR) is 103 cm³/mol. The molecule has 0 saturated heterocycles. The molecule has 2 aromatic rings. The predicted octanol–water partition coefficient (Wildman–Crippen LogP) is 2.96. The first-order chi connectivity index (χ1) is 12.2. The smallest absolute Gasteiger partial charge is 0.328 e. The summed E-state index contributed by atoms with van der Waals surface area (Å²) in [6.07, 6.45) is 0. The fourth-order valence-corrected chi connectivity index (χ4v) is 5.80. The maximum absolute atomic E-state index is 13.2. The minimum Gasteiger partial charge on any atom is -0.465 e. The van der Waals surface area contributed by atoms with Gasteiger partial charge in [-0.2, -0.15) is 0 Å². The first kappa shape index (κ1) is 19.1. The lowest BCUT2D eigenvalue weighted by molar-refractivity contribution is -0.145. The Hall–Kier alpha value is -1.70. The summed E-state index contributed by atoms with van der Waals surface area (Å²) in [5.74, 6) is -1.34. The summed E-state index contributed by atoms with van der Waals surface area (Å²) in [5.41, 5.74) is 6.38. The molecular weight excluding hydrogens is 418 g/mol. The van der Waals surface area contributed by atoms with Crippen LogP contribution in [-0.4, -0.2) is 31.8 Å². The van der Waals surface area contributed by atoms with E-state index in [1.807, 2.05) is 6.92 Å². The molecule has 0 amide bonds. The number of esters is 1. The second kappa shape index (κ2) is 6.79. The molecule has 0 bridgehead atoms. The lowest BCUT2D eigenvalue weighted by atomic mass is 10.1. The van der Waals surface area contributed by atoms with Crippen LogP contribution in [0.3, 0.4) is 0 Å². The van der Waals surface area contributed by atoms with E-state index in [-0.39, 0.29) is 11.5 Å². The number of hydrogen-bond acceptors (Lipinski definition) is 5. The molecule has 2 aromatic carbocycles. The number of halogens is 1. The summed E-state index contributed by atoms with van der Waals surface area (Å²) >= 11 is 3.35. The average Bonchev–Trinajstić information content (AvgIpc) is 3.25. The molecule has 3 rings (SSSR count). The van der Waals surface area contributed by atoms with Crippen molar-refractivity contribution in [1.82, 2.24) is 0 Å². The summed E-state index contributed by atoms with van der Waals surface area (Å²) in [5, 5.41) is -1.06. The largest absolute Gasteiger partial charge is 0.465 e. The van der Waals surface area contributed by atoms with Crippen molar-refractivity contribution in [2.45, 2.75) is 35.4 Å². The molecule has 26 heavy (non-hydrogen) atoms. The molecule has 1 aliphatic carbocycles. The molecule has 7 heteroatoms. The quantitative estimate of drug-likeness (QED) is 0.726. The third-order valence-corrected chi connectivity index (χ3v) is 7.51. The van der Waals surface area contributed by atoms with Crippen LogP contribution < -0.4 is 5.73 Å². The van der Waals surface area contributed by atoms with Gasteiger partial charge < -0.3 is 10.5 Å². The Kier molecular flexibility index (Phi) is 4.98. The second-order valence-electron chi connectivity index (χ2n) is 6.46. The van der Waals surface area contributed by atoms with E-state index < -0.39 is 32.5 Å². The van der Waals surface area contributed by atoms with Crippen LogP contribution in [0.25, 0.3) is 0 Å². The highest BCUT2D eigenvalue weighted by molar-refractivity contribution is 9.10. The zero-order chi connectivity index (χ0) is 19.1. The molecule has 1 aliphatic rings. The summed E-state index contributed by atoms with van der Waals surface area (Å²) in [4.78, 5) is 12.7. The fourth-order valence-electron chi connectivity index (χ4n) is 3.30. The molecular formula is C19H20BrNO4S. The van der Waals surface area contributed by atoms with Crippen LogP contribution >= 0.6 is 15.9 Å². The van der Waals surface area contributed by atoms with Crippen molar-refractivity contribution < 1.29 is 17.9 Å². The number of benzene rings is 2. The number of nitrogens with two attached hydrogens (primary N) is 1. The molecule has 2 N–H and O–H groups in total. The van der Waals surface area contributed by atoms with E-state index >= 15 is 0 Å². The van der Waals surface area contributed by atoms with Gasteiger partial charge in [0.25, 0.3) is 0 Å². The lowest BCUT2D eigenvalue weighted by Gasteiger charge is -2.11. The van der Waals surface area contributed by atoms with E-state index in [1.54, 1.807) is 55.5 Å². The highest BCUT2D eigenvalue weighted by Crippen LogP contribution is 2.56. The van der Waals surface area contributed by atoms with Crippen LogP contribution in [0.2, 0.25) is 0 Å². The van der Waals surface area contributed by atoms with E-state index in [0.717, 1.165) is 10.0 Å². The summed E-state index contributed by atoms with van der Waals surface area (Å²) in [7, 11) is -3.80. The van der Waals surface area contributed by atoms with Crippen molar-refractivity contribution in [2.24, 2.45) is 5.73 Å². The van der Waals surface area contributed by atoms with E-state index in [2.05, 4.69) is 15.9 Å². The van der Waals surface area contributed by atoms with Crippen molar-refractivity contribution >= 4 is 31.7 Å². The third-order valence-electron chi connectivity index (χ3n) is 4.72. The van der Waals surface area contributed by atoms with Gasteiger partial charge >= 0.3 is 5.97 Å². The Morgan fingerprint density at radius 2 is 1.73 bits per heavy atom. The first-order valence-electron chi connectivity index (χ1n) is 8.25. The van der Waals surface area contributed by atoms with Crippen LogP contribution in [-0.2, 0) is 19.4 Å². The van der Waals surface area contributed by atoms with Gasteiger partial charge in [-0.3, -0.25) is 0 Å². The van der Waals surface area contributed by atoms with Gasteiger partial charge in [-0.1, -0.05) is 45.8 Å². The van der Waals surface area contributed by atoms with Crippen molar-refractivity contribution in [2.75, 3.05) is 6.61 Å². The molecule has 1 saturated carbocycles. The fraction of sp³-hybridized carbons (Fsp3) is 0.316. The van der Waals surface area contributed by atoms with Gasteiger partial charge in [0.05, 0.1) is 11.5 Å². The molecule has 0 unspecified atom stereocenters. The zero-order valence-electron chi connectivity index (χ0n) is 14.5. The van der Waals surface area contributed by atoms with Crippen LogP contribution in [0.5, 0.6) is 0 Å². The Morgan fingerprint density at radius 3 is 2.27 bits per heavy atom. The van der Waals surface area contributed by atoms with Crippen LogP contribution in [0.15, 0.2) is 57.9 Å². The number of carbonyl (C=O) groups is 1. The van der Waals surface area contributed by atoms with Gasteiger partial charge in [-0.05, 0) is 43.7 Å². The number of hydrogen-bond donors (Lipinski definition) is 1. The van der Waals surface area contributed by atoms with Gasteiger partial charge in [0.1, 0.15) is 10.8 Å². The monoisotopic (exact) mass is 437 g/mol. The Morgan fingerprint density at radius 1 is 1.15 bits per heavy atom. The molecule has 0 radical (unpaired) electrons. The Labute approximate surface area is 161 Å². The number of sulfone groups is 1. The van der Waals surface area contributed by atoms with Gasteiger partial charge in [0.15, 0.2) is 9.84 Å². The van der Waals surface area contributed by atoms with Crippen LogP contribution in [0.4, 0.5) is 0 Å². The van der Waals surface area contributed by atoms with E-state index in [0.29, 0.717) is 5.56 Å². The highest BCUT2D eigenvalue weighted by atomic mass is 79.9. The summed E-state index contributed by atoms with van der Waals surface area (Å²) in [6, 6.07) is 13.7. The van der Waals surface area contributed by atoms with Gasteiger partial charge in [0.2, 0.25) is 0 Å². The molecule has 0 spiro atoms. The third kappa shape index (κ3) is 3.08. The number of aryl methyl sites for hydroxylation is 1. The van der Waals surface area contributed by atoms with Gasteiger partial charge in [0, 0.05) is 10.4 Å². The molecule has 1 fully saturated rings. The molecule has 0 aliphatic heterocycles. The summed E-state index contributed by atoms with van der Waals surface area (Å²) in [6.45, 7) is 3.69. The lowest BCUT2D eigenvalue weighted by Crippen LogP contribution is -2.41. The van der Waals surface area contributed by atoms with Crippen molar-refractivity contribution in [3.05, 3.63) is 64.1 Å². The van der Waals surface area contributed by atoms with Gasteiger partial charge in [-0.15, -0.1) is 0 Å². The average molecular weight is 438 g/mol. The molecule has 0 heterocycles. The minimum absolute atomic E-state index is 0.141. The minimum atomic E-state index is -3.80. The normalized spacial score (nSPS) is 24.9. The van der Waals surface area contributed by atoms with E-state index in [1.165, 1.54) is 0 Å². The maximum atomic E-state index is 13.2. The molecule has 138 valence electrons. The van der Waals surface area contributed by atoms with Crippen molar-refractivity contribution in [1.29, 1.82) is 0 Å². The van der Waals surface area contributed by atoms with Crippen LogP contribution in [0, 0.1) is 6.92 Å². The number of ether oxygens (including phenoxy) is 1. The maximum Gasteiger partial charge on any atom is 0.328 e. The molecule has 0 aromatic heterocycles. The zero-order valence-corrected chi connectivity index (χ0v) is 16.9. The van der Waals surface area contributed by atoms with Crippen molar-refractivity contribution in [3.63, 3.8) is 0 Å². The standard InChI is InChI=1S/C19H20BrNO4S/c1-3-25-18(22)19(21)16(13-6-8-14(20)9-7-13)17(19)26(23,24)15-10-4-12(2)5-11-15/h4-11,16-17H,3,21H2,1-2H3/t16-,17+,19-/m0/s1. The Bertz CT molecular complexity index is 925. The van der Waals surface area contributed by atoms with Crippen LogP contribution in [0.1, 0.15) is 24.0 Å². The SMILES string of the molecule is CCOC(=O)[C@@]1(N)[C@H](S(=O)(=O)c2ccc(C)cc2)[C@@H]1c1ccc(Br)cc1. The molecule has 5 nitrogen and oxygen atoms in total. The Balaban J connectivity index is 2.06. The van der Waals surface area contributed by atoms with E-state index in [4.69, 9.17) is 10.5 Å². The molecule has 3 atom stereocenters. The number of rotatable bonds is 5. The van der Waals surface area contributed by atoms with Gasteiger partial charge in [-0.25, -0.2) is 13.2 Å². The first-order valence-corrected chi connectivity index (χ1v) is 10.6. The highest BCUT2D eigenvalue weighted by Gasteiger charge is 2.74. The second-order valence-corrected chi connectivity index (χ2v) is 9.45. The van der Waals surface area contributed by atoms with E-state index in [9.17, 15) is 13.2 Å². The van der Waals surface area contributed by atoms with Crippen molar-refractivity contribution in [3.8, 4) is 0 Å². The topological polar surface area (TPSA) is 86.5 Å².